The van der Waals surface area contributed by atoms with Crippen LogP contribution in [0.4, 0.5) is 0 Å². The highest BCUT2D eigenvalue weighted by Crippen LogP contribution is 2.28. The Morgan fingerprint density at radius 1 is 0.658 bits per heavy atom. The molecule has 2 heterocycles. The van der Waals surface area contributed by atoms with Gasteiger partial charge < -0.3 is 9.47 Å². The molecule has 5 aromatic rings. The van der Waals surface area contributed by atoms with E-state index in [1.807, 2.05) is 72.8 Å². The third kappa shape index (κ3) is 5.19. The molecule has 0 saturated carbocycles. The number of carbonyl (C=O) groups is 2. The molecule has 2 aromatic heterocycles. The van der Waals surface area contributed by atoms with Gasteiger partial charge in [0.1, 0.15) is 0 Å². The molecule has 0 spiro atoms. The van der Waals surface area contributed by atoms with Crippen LogP contribution in [0.2, 0.25) is 0 Å². The predicted molar refractivity (Wildman–Crippen MR) is 140 cm³/mol. The van der Waals surface area contributed by atoms with Gasteiger partial charge in [0.05, 0.1) is 27.1 Å². The van der Waals surface area contributed by atoms with Crippen molar-refractivity contribution in [2.75, 3.05) is 14.2 Å². The lowest BCUT2D eigenvalue weighted by Crippen LogP contribution is -2.05. The lowest BCUT2D eigenvalue weighted by atomic mass is 10.0. The number of hydrogen-bond donors (Lipinski definition) is 2. The smallest absolute Gasteiger partial charge is 0.310 e. The summed E-state index contributed by atoms with van der Waals surface area (Å²) in [5.74, 6) is 1.43. The van der Waals surface area contributed by atoms with E-state index in [4.69, 9.17) is 9.47 Å². The molecular formula is C28H24N6O4. The zero-order chi connectivity index (χ0) is 26.5. The maximum absolute atomic E-state index is 11.8. The number of aromatic nitrogens is 6. The Bertz CT molecular complexity index is 1490. The molecule has 0 aliphatic heterocycles. The molecule has 0 unspecified atom stereocenters. The molecule has 2 N–H and O–H groups in total. The molecule has 0 fully saturated rings. The van der Waals surface area contributed by atoms with Gasteiger partial charge in [-0.1, -0.05) is 66.7 Å². The molecule has 3 aromatic carbocycles. The van der Waals surface area contributed by atoms with Crippen LogP contribution in [-0.2, 0) is 31.9 Å². The van der Waals surface area contributed by atoms with E-state index in [9.17, 15) is 9.59 Å². The Balaban J connectivity index is 1.42. The van der Waals surface area contributed by atoms with Crippen LogP contribution < -0.4 is 0 Å². The Labute approximate surface area is 218 Å². The Morgan fingerprint density at radius 3 is 1.55 bits per heavy atom. The molecule has 190 valence electrons. The highest BCUT2D eigenvalue weighted by atomic mass is 16.5. The van der Waals surface area contributed by atoms with E-state index < -0.39 is 0 Å². The minimum Gasteiger partial charge on any atom is -0.469 e. The van der Waals surface area contributed by atoms with Crippen LogP contribution >= 0.6 is 0 Å². The summed E-state index contributed by atoms with van der Waals surface area (Å²) in [5, 5.41) is 14.7. The Hall–Kier alpha value is -5.12. The van der Waals surface area contributed by atoms with E-state index >= 15 is 0 Å². The summed E-state index contributed by atoms with van der Waals surface area (Å²) >= 11 is 0. The van der Waals surface area contributed by atoms with Crippen molar-refractivity contribution in [3.05, 3.63) is 83.9 Å². The molecule has 0 amide bonds. The molecule has 10 heteroatoms. The standard InChI is InChI=1S/C28H24N6O4/c1-37-23(35)15-17-8-3-5-12-21(17)27-29-25(31-33-27)19-10-7-11-20(14-19)26-30-28(34-32-26)22-13-6-4-9-18(22)16-24(36)38-2/h3-14H,15-16H2,1-2H3,(H,29,31,33)(H,30,32,34). The number of ether oxygens (including phenoxy) is 2. The first kappa shape index (κ1) is 24.6. The SMILES string of the molecule is COC(=O)Cc1ccccc1-c1nc(-c2cccc(-c3n[nH]c(-c4ccccc4CC(=O)OC)n3)c2)n[nH]1. The summed E-state index contributed by atoms with van der Waals surface area (Å²) in [6, 6.07) is 22.5. The number of rotatable bonds is 8. The van der Waals surface area contributed by atoms with Crippen molar-refractivity contribution in [3.8, 4) is 45.6 Å². The molecule has 10 nitrogen and oxygen atoms in total. The second-order valence-electron chi connectivity index (χ2n) is 8.42. The van der Waals surface area contributed by atoms with Crippen LogP contribution in [0.3, 0.4) is 0 Å². The van der Waals surface area contributed by atoms with Gasteiger partial charge in [-0.2, -0.15) is 10.2 Å². The summed E-state index contributed by atoms with van der Waals surface area (Å²) in [6.07, 6.45) is 0.266. The van der Waals surface area contributed by atoms with Gasteiger partial charge in [-0.3, -0.25) is 19.8 Å². The molecule has 0 aliphatic carbocycles. The summed E-state index contributed by atoms with van der Waals surface area (Å²) in [6.45, 7) is 0. The molecule has 0 bridgehead atoms. The number of nitrogens with zero attached hydrogens (tertiary/aromatic N) is 4. The van der Waals surface area contributed by atoms with Crippen molar-refractivity contribution < 1.29 is 19.1 Å². The largest absolute Gasteiger partial charge is 0.469 e. The predicted octanol–water partition coefficient (Wildman–Crippen LogP) is 4.02. The number of esters is 2. The Kier molecular flexibility index (Phi) is 7.03. The van der Waals surface area contributed by atoms with Gasteiger partial charge in [0.25, 0.3) is 0 Å². The van der Waals surface area contributed by atoms with Crippen LogP contribution in [0.25, 0.3) is 45.6 Å². The number of methoxy groups -OCH3 is 2. The average molecular weight is 509 g/mol. The minimum absolute atomic E-state index is 0.133. The number of benzene rings is 3. The van der Waals surface area contributed by atoms with Crippen LogP contribution in [0.5, 0.6) is 0 Å². The fraction of sp³-hybridized carbons (Fsp3) is 0.143. The molecule has 0 radical (unpaired) electrons. The number of aromatic amines is 2. The normalized spacial score (nSPS) is 10.8. The molecular weight excluding hydrogens is 484 g/mol. The molecule has 0 atom stereocenters. The van der Waals surface area contributed by atoms with E-state index in [0.717, 1.165) is 33.4 Å². The van der Waals surface area contributed by atoms with E-state index in [1.165, 1.54) is 14.2 Å². The maximum atomic E-state index is 11.8. The molecule has 38 heavy (non-hydrogen) atoms. The molecule has 0 saturated heterocycles. The summed E-state index contributed by atoms with van der Waals surface area (Å²) in [7, 11) is 2.73. The first-order valence-electron chi connectivity index (χ1n) is 11.8. The van der Waals surface area contributed by atoms with Gasteiger partial charge in [-0.05, 0) is 17.2 Å². The zero-order valence-corrected chi connectivity index (χ0v) is 20.8. The second kappa shape index (κ2) is 10.9. The second-order valence-corrected chi connectivity index (χ2v) is 8.42. The summed E-state index contributed by atoms with van der Waals surface area (Å²) < 4.78 is 9.63. The lowest BCUT2D eigenvalue weighted by Gasteiger charge is -2.05. The van der Waals surface area contributed by atoms with Crippen LogP contribution in [0.15, 0.2) is 72.8 Å². The van der Waals surface area contributed by atoms with E-state index in [0.29, 0.717) is 23.3 Å². The third-order valence-corrected chi connectivity index (χ3v) is 6.02. The highest BCUT2D eigenvalue weighted by molar-refractivity contribution is 5.78. The van der Waals surface area contributed by atoms with E-state index in [-0.39, 0.29) is 24.8 Å². The topological polar surface area (TPSA) is 136 Å². The number of carbonyl (C=O) groups excluding carboxylic acids is 2. The molecule has 5 rings (SSSR count). The van der Waals surface area contributed by atoms with Crippen molar-refractivity contribution in [1.29, 1.82) is 0 Å². The lowest BCUT2D eigenvalue weighted by molar-refractivity contribution is -0.140. The van der Waals surface area contributed by atoms with Gasteiger partial charge in [0.15, 0.2) is 23.3 Å². The van der Waals surface area contributed by atoms with Crippen molar-refractivity contribution in [2.45, 2.75) is 12.8 Å². The summed E-state index contributed by atoms with van der Waals surface area (Å²) in [4.78, 5) is 33.0. The van der Waals surface area contributed by atoms with Gasteiger partial charge in [0.2, 0.25) is 0 Å². The summed E-state index contributed by atoms with van der Waals surface area (Å²) in [5.41, 5.74) is 4.67. The van der Waals surface area contributed by atoms with Gasteiger partial charge in [-0.25, -0.2) is 9.97 Å². The van der Waals surface area contributed by atoms with Gasteiger partial charge >= 0.3 is 11.9 Å². The number of hydrogen-bond acceptors (Lipinski definition) is 8. The van der Waals surface area contributed by atoms with E-state index in [1.54, 1.807) is 0 Å². The minimum atomic E-state index is -0.330. The fourth-order valence-electron chi connectivity index (χ4n) is 4.09. The quantitative estimate of drug-likeness (QED) is 0.300. The average Bonchev–Trinajstić information content (AvgIpc) is 3.64. The van der Waals surface area contributed by atoms with E-state index in [2.05, 4.69) is 30.4 Å². The van der Waals surface area contributed by atoms with Crippen LogP contribution in [0.1, 0.15) is 11.1 Å². The van der Waals surface area contributed by atoms with Gasteiger partial charge in [0, 0.05) is 22.3 Å². The van der Waals surface area contributed by atoms with Crippen molar-refractivity contribution >= 4 is 11.9 Å². The number of nitrogens with one attached hydrogen (secondary N) is 2. The maximum Gasteiger partial charge on any atom is 0.310 e. The van der Waals surface area contributed by atoms with Crippen LogP contribution in [0, 0.1) is 0 Å². The first-order valence-corrected chi connectivity index (χ1v) is 11.8. The zero-order valence-electron chi connectivity index (χ0n) is 20.8. The first-order chi connectivity index (χ1) is 18.6. The fourth-order valence-corrected chi connectivity index (χ4v) is 4.09. The van der Waals surface area contributed by atoms with Gasteiger partial charge in [-0.15, -0.1) is 0 Å². The highest BCUT2D eigenvalue weighted by Gasteiger charge is 2.16. The van der Waals surface area contributed by atoms with Crippen molar-refractivity contribution in [2.24, 2.45) is 0 Å². The third-order valence-electron chi connectivity index (χ3n) is 6.02. The van der Waals surface area contributed by atoms with Crippen LogP contribution in [-0.4, -0.2) is 56.5 Å². The van der Waals surface area contributed by atoms with Crippen molar-refractivity contribution in [3.63, 3.8) is 0 Å². The molecule has 0 aliphatic rings. The van der Waals surface area contributed by atoms with Crippen molar-refractivity contribution in [1.82, 2.24) is 30.4 Å². The monoisotopic (exact) mass is 508 g/mol. The Morgan fingerprint density at radius 2 is 1.11 bits per heavy atom. The number of H-pyrrole nitrogens is 2.